The van der Waals surface area contributed by atoms with E-state index in [0.717, 1.165) is 64.1 Å². The maximum Gasteiger partial charge on any atom is 0.250 e. The molecular formula is C82H95N9O2S. The smallest absolute Gasteiger partial charge is 0.250 e. The molecule has 2 aromatic heterocycles. The van der Waals surface area contributed by atoms with Crippen LogP contribution >= 0.6 is 11.8 Å². The molecule has 6 fully saturated rings. The van der Waals surface area contributed by atoms with Crippen molar-refractivity contribution in [1.29, 1.82) is 0 Å². The Bertz CT molecular complexity index is 3870. The summed E-state index contributed by atoms with van der Waals surface area (Å²) < 4.78 is 7.44. The molecule has 0 amide bonds. The van der Waals surface area contributed by atoms with Crippen molar-refractivity contribution in [2.24, 2.45) is 20.0 Å². The first-order chi connectivity index (χ1) is 45.7. The quantitative estimate of drug-likeness (QED) is 0.118. The van der Waals surface area contributed by atoms with E-state index in [1.165, 1.54) is 166 Å². The zero-order chi connectivity index (χ0) is 65.0. The molecule has 0 radical (unpaired) electrons. The van der Waals surface area contributed by atoms with Crippen LogP contribution in [0.4, 0.5) is 0 Å². The second-order valence-electron chi connectivity index (χ2n) is 28.3. The first-order valence-electron chi connectivity index (χ1n) is 34.7. The summed E-state index contributed by atoms with van der Waals surface area (Å²) in [7, 11) is 2.17. The molecule has 0 atom stereocenters. The Morgan fingerprint density at radius 2 is 0.957 bits per heavy atom. The van der Waals surface area contributed by atoms with Crippen molar-refractivity contribution in [1.82, 2.24) is 24.8 Å². The van der Waals surface area contributed by atoms with E-state index in [2.05, 4.69) is 229 Å². The van der Waals surface area contributed by atoms with Crippen LogP contribution in [0, 0.1) is 41.5 Å². The second-order valence-corrected chi connectivity index (χ2v) is 29.4. The molecule has 4 aliphatic heterocycles. The molecular weight excluding hydrogens is 1180 g/mol. The standard InChI is InChI=1S/C16H17NO.C14H18N2.C13H16N2.C13H14N2.C13H15NO.C13H15NS/c1-13-5-7-14(8-6-13)16(9-10-16)12-17-11-3-2-4-15(17)18;1-11-3-5-12(6-4-11)14(7-8-14)13-15-9-10-16(13)2;4*1-10-2-4-11(5-3-10)13(6-7-13)12-14-8-9-15-12/h2-8,11H,9-10,12H2,1H3;3-6H,7-10H2,1-2H3;2-5H,6-9H2,1H3,(H,14,15);2-5,8-9H,6-7H2,1H3,(H,14,15);2*2-5H,6-9H2,1H3. The first kappa shape index (κ1) is 64.6. The van der Waals surface area contributed by atoms with Crippen LogP contribution in [-0.4, -0.2) is 101 Å². The van der Waals surface area contributed by atoms with Gasteiger partial charge in [0.15, 0.2) is 5.90 Å². The lowest BCUT2D eigenvalue weighted by atomic mass is 9.93. The lowest BCUT2D eigenvalue weighted by Crippen LogP contribution is -2.33. The van der Waals surface area contributed by atoms with E-state index in [4.69, 9.17) is 9.73 Å². The number of aliphatic imine (C=N–C) groups is 4. The molecule has 11 nitrogen and oxygen atoms in total. The van der Waals surface area contributed by atoms with Crippen LogP contribution in [0.3, 0.4) is 0 Å². The Balaban J connectivity index is 0.000000103. The van der Waals surface area contributed by atoms with Crippen molar-refractivity contribution >= 4 is 34.4 Å². The maximum absolute atomic E-state index is 11.8. The third kappa shape index (κ3) is 14.1. The van der Waals surface area contributed by atoms with Gasteiger partial charge in [0.2, 0.25) is 0 Å². The number of hydrogen-bond acceptors (Lipinski definition) is 10. The third-order valence-corrected chi connectivity index (χ3v) is 22.4. The highest BCUT2D eigenvalue weighted by atomic mass is 32.2. The number of thioether (sulfide) groups is 1. The van der Waals surface area contributed by atoms with E-state index in [1.54, 1.807) is 12.1 Å². The number of ether oxygens (including phenoxy) is 1. The molecule has 486 valence electrons. The van der Waals surface area contributed by atoms with E-state index >= 15 is 0 Å². The number of aryl methyl sites for hydroxylation is 6. The van der Waals surface area contributed by atoms with Crippen molar-refractivity contribution in [3.8, 4) is 0 Å². The Labute approximate surface area is 562 Å². The summed E-state index contributed by atoms with van der Waals surface area (Å²) in [6.07, 6.45) is 20.4. The number of hydrogen-bond donors (Lipinski definition) is 2. The predicted octanol–water partition coefficient (Wildman–Crippen LogP) is 15.7. The van der Waals surface area contributed by atoms with Crippen LogP contribution in [0.15, 0.2) is 207 Å². The number of amidine groups is 2. The minimum Gasteiger partial charge on any atom is -0.478 e. The molecule has 94 heavy (non-hydrogen) atoms. The van der Waals surface area contributed by atoms with Gasteiger partial charge < -0.3 is 24.5 Å². The molecule has 6 aromatic carbocycles. The highest BCUT2D eigenvalue weighted by Crippen LogP contribution is 2.55. The number of aromatic nitrogens is 3. The number of aromatic amines is 1. The fourth-order valence-electron chi connectivity index (χ4n) is 14.3. The van der Waals surface area contributed by atoms with Crippen molar-refractivity contribution in [2.75, 3.05) is 58.7 Å². The van der Waals surface area contributed by atoms with Crippen LogP contribution in [0.2, 0.25) is 0 Å². The van der Waals surface area contributed by atoms with Crippen molar-refractivity contribution < 1.29 is 4.74 Å². The van der Waals surface area contributed by atoms with Crippen LogP contribution < -0.4 is 10.9 Å². The molecule has 6 heterocycles. The highest BCUT2D eigenvalue weighted by molar-refractivity contribution is 8.14. The number of H-pyrrole nitrogens is 1. The topological polar surface area (TPSA) is 125 Å². The van der Waals surface area contributed by atoms with Gasteiger partial charge >= 0.3 is 0 Å². The van der Waals surface area contributed by atoms with E-state index in [1.807, 2.05) is 41.0 Å². The fourth-order valence-corrected chi connectivity index (χ4v) is 15.4. The highest BCUT2D eigenvalue weighted by Gasteiger charge is 2.54. The molecule has 6 aliphatic carbocycles. The number of imidazole rings is 1. The third-order valence-electron chi connectivity index (χ3n) is 21.2. The summed E-state index contributed by atoms with van der Waals surface area (Å²) in [5, 5.41) is 4.82. The van der Waals surface area contributed by atoms with Gasteiger partial charge in [-0.15, -0.1) is 11.8 Å². The molecule has 18 rings (SSSR count). The van der Waals surface area contributed by atoms with Gasteiger partial charge in [0.25, 0.3) is 5.56 Å². The average Bonchev–Trinajstić information content (AvgIpc) is 1.36. The van der Waals surface area contributed by atoms with E-state index < -0.39 is 0 Å². The lowest BCUT2D eigenvalue weighted by molar-refractivity contribution is 0.330. The molecule has 12 heteroatoms. The molecule has 0 saturated heterocycles. The summed E-state index contributed by atoms with van der Waals surface area (Å²) in [6, 6.07) is 58.5. The van der Waals surface area contributed by atoms with Gasteiger partial charge in [-0.25, -0.2) is 4.98 Å². The van der Waals surface area contributed by atoms with Gasteiger partial charge in [0.1, 0.15) is 24.1 Å². The van der Waals surface area contributed by atoms with Crippen molar-refractivity contribution in [2.45, 2.75) is 158 Å². The summed E-state index contributed by atoms with van der Waals surface area (Å²) in [5.74, 6) is 5.82. The summed E-state index contributed by atoms with van der Waals surface area (Å²) in [4.78, 5) is 40.1. The zero-order valence-corrected chi connectivity index (χ0v) is 57.3. The van der Waals surface area contributed by atoms with Crippen molar-refractivity contribution in [3.63, 3.8) is 0 Å². The largest absolute Gasteiger partial charge is 0.478 e. The molecule has 10 aliphatic rings. The minimum absolute atomic E-state index is 0.0934. The minimum atomic E-state index is 0.0934. The predicted molar refractivity (Wildman–Crippen MR) is 389 cm³/mol. The average molecular weight is 1270 g/mol. The molecule has 0 bridgehead atoms. The number of pyridine rings is 1. The SMILES string of the molecule is Cc1ccc(C2(C3=NCCN3)CC2)cc1.Cc1ccc(C2(C3=NCCN3C)CC2)cc1.Cc1ccc(C2(C3=NCCO3)CC2)cc1.Cc1ccc(C2(C3=NCCS3)CC2)cc1.Cc1ccc(C2(Cn3ccccc3=O)CC2)cc1.Cc1ccc(C2(c3ncc[nH]3)CC2)cc1. The number of rotatable bonds is 13. The Hall–Kier alpha value is -8.09. The van der Waals surface area contributed by atoms with Crippen LogP contribution in [0.25, 0.3) is 0 Å². The van der Waals surface area contributed by atoms with Gasteiger partial charge in [-0.1, -0.05) is 185 Å². The summed E-state index contributed by atoms with van der Waals surface area (Å²) in [5.41, 5.74) is 17.9. The second kappa shape index (κ2) is 27.3. The number of likely N-dealkylation sites (N-methyl/N-ethyl adjacent to an activating group) is 1. The van der Waals surface area contributed by atoms with E-state index in [9.17, 15) is 4.79 Å². The van der Waals surface area contributed by atoms with E-state index in [-0.39, 0.29) is 32.6 Å². The Kier molecular flexibility index (Phi) is 18.8. The number of nitrogens with one attached hydrogen (secondary N) is 2. The van der Waals surface area contributed by atoms with Gasteiger partial charge in [-0.05, 0) is 158 Å². The normalized spacial score (nSPS) is 20.4. The maximum atomic E-state index is 11.8. The van der Waals surface area contributed by atoms with Crippen LogP contribution in [-0.2, 0) is 43.8 Å². The molecule has 0 spiro atoms. The summed E-state index contributed by atoms with van der Waals surface area (Å²) in [6.45, 7) is 20.2. The van der Waals surface area contributed by atoms with Gasteiger partial charge in [0.05, 0.1) is 46.3 Å². The number of nitrogens with zero attached hydrogens (tertiary/aromatic N) is 7. The Morgan fingerprint density at radius 3 is 1.35 bits per heavy atom. The Morgan fingerprint density at radius 1 is 0.479 bits per heavy atom. The van der Waals surface area contributed by atoms with Gasteiger partial charge in [-0.2, -0.15) is 0 Å². The molecule has 2 N–H and O–H groups in total. The number of benzene rings is 6. The van der Waals surface area contributed by atoms with E-state index in [0.29, 0.717) is 5.41 Å². The lowest BCUT2D eigenvalue weighted by Gasteiger charge is -2.23. The molecule has 0 unspecified atom stereocenters. The monoisotopic (exact) mass is 1270 g/mol. The fraction of sp³-hybridized carbons (Fsp3) is 0.415. The van der Waals surface area contributed by atoms with Gasteiger partial charge in [0, 0.05) is 74.5 Å². The van der Waals surface area contributed by atoms with Crippen molar-refractivity contribution in [3.05, 3.63) is 265 Å². The van der Waals surface area contributed by atoms with Crippen LogP contribution in [0.1, 0.15) is 150 Å². The zero-order valence-electron chi connectivity index (χ0n) is 56.5. The summed E-state index contributed by atoms with van der Waals surface area (Å²) >= 11 is 1.96. The molecule has 6 saturated carbocycles. The van der Waals surface area contributed by atoms with Gasteiger partial charge in [-0.3, -0.25) is 24.8 Å². The van der Waals surface area contributed by atoms with Crippen LogP contribution in [0.5, 0.6) is 0 Å². The molecule has 8 aromatic rings. The first-order valence-corrected chi connectivity index (χ1v) is 35.6.